The predicted octanol–water partition coefficient (Wildman–Crippen LogP) is 3.76. The molecule has 6 nitrogen and oxygen atoms in total. The molecular weight excluding hydrogens is 392 g/mol. The highest BCUT2D eigenvalue weighted by Crippen LogP contribution is 2.23. The Labute approximate surface area is 164 Å². The van der Waals surface area contributed by atoms with E-state index in [4.69, 9.17) is 4.74 Å². The topological polar surface area (TPSA) is 81.7 Å². The van der Waals surface area contributed by atoms with Gasteiger partial charge in [0.1, 0.15) is 11.5 Å². The number of hydrogen-bond acceptors (Lipinski definition) is 6. The van der Waals surface area contributed by atoms with Crippen LogP contribution >= 0.6 is 11.8 Å². The third-order valence-corrected chi connectivity index (χ3v) is 4.45. The first kappa shape index (κ1) is 21.4. The number of carbonyl (C=O) groups excluding carboxylic acids is 3. The molecule has 0 aliphatic heterocycles. The van der Waals surface area contributed by atoms with E-state index in [1.165, 1.54) is 43.0 Å². The molecule has 0 unspecified atom stereocenters. The second-order valence-electron chi connectivity index (χ2n) is 5.51. The van der Waals surface area contributed by atoms with Crippen molar-refractivity contribution >= 4 is 35.1 Å². The van der Waals surface area contributed by atoms with Crippen molar-refractivity contribution in [3.8, 4) is 5.75 Å². The first-order valence-corrected chi connectivity index (χ1v) is 9.07. The molecule has 0 aliphatic rings. The van der Waals surface area contributed by atoms with Crippen molar-refractivity contribution in [1.82, 2.24) is 0 Å². The van der Waals surface area contributed by atoms with E-state index in [1.807, 2.05) is 0 Å². The van der Waals surface area contributed by atoms with E-state index in [0.29, 0.717) is 10.6 Å². The fraction of sp³-hybridized carbons (Fsp3) is 0.211. The summed E-state index contributed by atoms with van der Waals surface area (Å²) in [5.41, 5.74) is 0.593. The van der Waals surface area contributed by atoms with E-state index in [9.17, 15) is 23.2 Å². The molecule has 0 spiro atoms. The summed E-state index contributed by atoms with van der Waals surface area (Å²) in [6.07, 6.45) is 0. The average molecular weight is 409 g/mol. The number of anilines is 1. The summed E-state index contributed by atoms with van der Waals surface area (Å²) in [6, 6.07) is 11.9. The van der Waals surface area contributed by atoms with Crippen LogP contribution in [0, 0.1) is 0 Å². The number of halogens is 2. The number of thioether (sulfide) groups is 1. The monoisotopic (exact) mass is 409 g/mol. The van der Waals surface area contributed by atoms with E-state index in [2.05, 4.69) is 10.1 Å². The summed E-state index contributed by atoms with van der Waals surface area (Å²) in [4.78, 5) is 35.9. The largest absolute Gasteiger partial charge is 0.452 e. The summed E-state index contributed by atoms with van der Waals surface area (Å²) in [5.74, 6) is -1.14. The van der Waals surface area contributed by atoms with Gasteiger partial charge in [-0.15, -0.1) is 11.8 Å². The summed E-state index contributed by atoms with van der Waals surface area (Å²) >= 11 is 1.21. The summed E-state index contributed by atoms with van der Waals surface area (Å²) < 4.78 is 33.4. The van der Waals surface area contributed by atoms with Gasteiger partial charge >= 0.3 is 12.6 Å². The zero-order valence-corrected chi connectivity index (χ0v) is 15.6. The van der Waals surface area contributed by atoms with Gasteiger partial charge in [0.05, 0.1) is 11.3 Å². The molecule has 0 aromatic heterocycles. The molecule has 9 heteroatoms. The minimum atomic E-state index is -2.93. The van der Waals surface area contributed by atoms with Crippen LogP contribution in [0.3, 0.4) is 0 Å². The minimum Gasteiger partial charge on any atom is -0.452 e. The molecule has 2 rings (SSSR count). The van der Waals surface area contributed by atoms with Crippen LogP contribution < -0.4 is 10.1 Å². The number of rotatable bonds is 9. The molecule has 2 aromatic carbocycles. The molecule has 0 heterocycles. The van der Waals surface area contributed by atoms with Crippen molar-refractivity contribution in [2.24, 2.45) is 0 Å². The number of Topliss-reactive ketones (excluding diaryl/α,β-unsaturated/α-hetero) is 1. The van der Waals surface area contributed by atoms with Crippen LogP contribution in [0.15, 0.2) is 53.4 Å². The van der Waals surface area contributed by atoms with Gasteiger partial charge in [-0.3, -0.25) is 9.59 Å². The maximum Gasteiger partial charge on any atom is 0.387 e. The van der Waals surface area contributed by atoms with Crippen molar-refractivity contribution in [3.05, 3.63) is 54.1 Å². The molecular formula is C19H17F2NO5S. The van der Waals surface area contributed by atoms with E-state index in [0.717, 1.165) is 0 Å². The number of hydrogen-bond donors (Lipinski definition) is 1. The molecule has 2 aromatic rings. The first-order valence-electron chi connectivity index (χ1n) is 8.08. The Hall–Kier alpha value is -2.94. The summed E-state index contributed by atoms with van der Waals surface area (Å²) in [5, 5.41) is 2.47. The number of alkyl halides is 2. The van der Waals surface area contributed by atoms with Gasteiger partial charge in [0, 0.05) is 10.6 Å². The molecule has 0 saturated heterocycles. The van der Waals surface area contributed by atoms with E-state index >= 15 is 0 Å². The van der Waals surface area contributed by atoms with Crippen LogP contribution in [0.25, 0.3) is 0 Å². The number of ether oxygens (including phenoxy) is 2. The van der Waals surface area contributed by atoms with Gasteiger partial charge in [0.15, 0.2) is 6.61 Å². The van der Waals surface area contributed by atoms with Crippen LogP contribution in [-0.2, 0) is 14.3 Å². The van der Waals surface area contributed by atoms with Gasteiger partial charge in [0.2, 0.25) is 0 Å². The number of carbonyl (C=O) groups is 3. The molecule has 0 bridgehead atoms. The molecule has 0 radical (unpaired) electrons. The molecule has 1 amide bonds. The lowest BCUT2D eigenvalue weighted by atomic mass is 10.2. The molecule has 148 valence electrons. The average Bonchev–Trinajstić information content (AvgIpc) is 2.66. The van der Waals surface area contributed by atoms with Crippen molar-refractivity contribution in [3.63, 3.8) is 0 Å². The molecule has 0 fully saturated rings. The zero-order chi connectivity index (χ0) is 20.5. The van der Waals surface area contributed by atoms with Gasteiger partial charge in [-0.05, 0) is 43.3 Å². The van der Waals surface area contributed by atoms with Gasteiger partial charge in [0.25, 0.3) is 5.91 Å². The van der Waals surface area contributed by atoms with Crippen LogP contribution in [0.1, 0.15) is 17.3 Å². The van der Waals surface area contributed by atoms with Gasteiger partial charge in [-0.1, -0.05) is 12.1 Å². The number of nitrogens with one attached hydrogen (secondary N) is 1. The summed E-state index contributed by atoms with van der Waals surface area (Å²) in [6.45, 7) is -2.01. The van der Waals surface area contributed by atoms with Crippen molar-refractivity contribution in [1.29, 1.82) is 0 Å². The highest BCUT2D eigenvalue weighted by atomic mass is 32.2. The molecule has 1 N–H and O–H groups in total. The van der Waals surface area contributed by atoms with Crippen molar-refractivity contribution < 1.29 is 32.6 Å². The molecule has 0 saturated carbocycles. The normalized spacial score (nSPS) is 10.4. The lowest BCUT2D eigenvalue weighted by Crippen LogP contribution is -2.21. The smallest absolute Gasteiger partial charge is 0.387 e. The fourth-order valence-corrected chi connectivity index (χ4v) is 2.91. The Kier molecular flexibility index (Phi) is 7.94. The van der Waals surface area contributed by atoms with E-state index in [1.54, 1.807) is 24.3 Å². The van der Waals surface area contributed by atoms with Crippen molar-refractivity contribution in [2.75, 3.05) is 17.7 Å². The predicted molar refractivity (Wildman–Crippen MR) is 99.8 cm³/mol. The highest BCUT2D eigenvalue weighted by molar-refractivity contribution is 8.00. The number of benzene rings is 2. The quantitative estimate of drug-likeness (QED) is 0.502. The molecule has 28 heavy (non-hydrogen) atoms. The third kappa shape index (κ3) is 6.99. The van der Waals surface area contributed by atoms with Crippen molar-refractivity contribution in [2.45, 2.75) is 18.4 Å². The van der Waals surface area contributed by atoms with Crippen LogP contribution in [0.2, 0.25) is 0 Å². The van der Waals surface area contributed by atoms with Gasteiger partial charge in [-0.25, -0.2) is 4.79 Å². The third-order valence-electron chi connectivity index (χ3n) is 3.24. The second kappa shape index (κ2) is 10.4. The Morgan fingerprint density at radius 1 is 1.07 bits per heavy atom. The fourth-order valence-electron chi connectivity index (χ4n) is 2.07. The van der Waals surface area contributed by atoms with E-state index in [-0.39, 0.29) is 22.8 Å². The minimum absolute atomic E-state index is 0.0301. The Balaban J connectivity index is 1.89. The lowest BCUT2D eigenvalue weighted by Gasteiger charge is -2.10. The zero-order valence-electron chi connectivity index (χ0n) is 14.8. The Morgan fingerprint density at radius 2 is 1.75 bits per heavy atom. The van der Waals surface area contributed by atoms with Crippen LogP contribution in [0.5, 0.6) is 5.75 Å². The van der Waals surface area contributed by atoms with Crippen LogP contribution in [0.4, 0.5) is 14.5 Å². The maximum atomic E-state index is 12.2. The Bertz CT molecular complexity index is 842. The first-order chi connectivity index (χ1) is 13.3. The molecule has 0 aliphatic carbocycles. The van der Waals surface area contributed by atoms with E-state index < -0.39 is 25.1 Å². The van der Waals surface area contributed by atoms with Crippen LogP contribution in [-0.4, -0.2) is 36.6 Å². The SMILES string of the molecule is CC(=O)CSc1ccccc1C(=O)OCC(=O)Nc1ccc(OC(F)F)cc1. The number of amides is 1. The lowest BCUT2D eigenvalue weighted by molar-refractivity contribution is -0.119. The highest BCUT2D eigenvalue weighted by Gasteiger charge is 2.15. The molecule has 0 atom stereocenters. The second-order valence-corrected chi connectivity index (χ2v) is 6.53. The number of ketones is 1. The Morgan fingerprint density at radius 3 is 2.39 bits per heavy atom. The summed E-state index contributed by atoms with van der Waals surface area (Å²) in [7, 11) is 0. The maximum absolute atomic E-state index is 12.2. The van der Waals surface area contributed by atoms with Gasteiger partial charge in [-0.2, -0.15) is 8.78 Å². The van der Waals surface area contributed by atoms with Gasteiger partial charge < -0.3 is 14.8 Å². The number of esters is 1. The standard InChI is InChI=1S/C19H17F2NO5S/c1-12(23)11-28-16-5-3-2-4-15(16)18(25)26-10-17(24)22-13-6-8-14(9-7-13)27-19(20)21/h2-9,19H,10-11H2,1H3,(H,22,24).